The highest BCUT2D eigenvalue weighted by Crippen LogP contribution is 2.37. The van der Waals surface area contributed by atoms with E-state index < -0.39 is 12.1 Å². The molecule has 0 bridgehead atoms. The minimum atomic E-state index is -2.72. The maximum absolute atomic E-state index is 12.4. The largest absolute Gasteiger partial charge is 0.493 e. The molecule has 0 aliphatic heterocycles. The number of rotatable bonds is 3. The third kappa shape index (κ3) is 1.68. The van der Waals surface area contributed by atoms with E-state index in [9.17, 15) is 8.78 Å². The van der Waals surface area contributed by atoms with Crippen LogP contribution in [0, 0.1) is 0 Å². The van der Waals surface area contributed by atoms with E-state index in [1.807, 2.05) is 0 Å². The van der Waals surface area contributed by atoms with Crippen LogP contribution in [0.3, 0.4) is 0 Å². The van der Waals surface area contributed by atoms with Crippen LogP contribution >= 0.6 is 0 Å². The Morgan fingerprint density at radius 3 is 2.43 bits per heavy atom. The summed E-state index contributed by atoms with van der Waals surface area (Å²) in [5, 5.41) is 0. The molecule has 2 N–H and O–H groups in total. The van der Waals surface area contributed by atoms with Crippen LogP contribution in [0.25, 0.3) is 0 Å². The van der Waals surface area contributed by atoms with E-state index in [1.165, 1.54) is 14.2 Å². The van der Waals surface area contributed by atoms with Gasteiger partial charge in [0.15, 0.2) is 17.2 Å². The van der Waals surface area contributed by atoms with Gasteiger partial charge in [0.05, 0.1) is 20.4 Å². The molecule has 0 aromatic carbocycles. The van der Waals surface area contributed by atoms with Crippen molar-refractivity contribution < 1.29 is 18.3 Å². The van der Waals surface area contributed by atoms with Crippen molar-refractivity contribution in [1.29, 1.82) is 0 Å². The van der Waals surface area contributed by atoms with E-state index in [0.29, 0.717) is 0 Å². The summed E-state index contributed by atoms with van der Waals surface area (Å²) in [5.74, 6) is 0.0746. The number of methoxy groups -OCH3 is 2. The zero-order valence-electron chi connectivity index (χ0n) is 7.75. The fourth-order valence-electron chi connectivity index (χ4n) is 1.04. The van der Waals surface area contributed by atoms with E-state index in [2.05, 4.69) is 4.98 Å². The summed E-state index contributed by atoms with van der Waals surface area (Å²) in [6.07, 6.45) is -1.59. The number of hydrogen-bond acceptors (Lipinski definition) is 4. The minimum Gasteiger partial charge on any atom is -0.493 e. The number of alkyl halides is 2. The second-order valence-corrected chi connectivity index (χ2v) is 2.46. The molecule has 1 rings (SSSR count). The van der Waals surface area contributed by atoms with Crippen LogP contribution in [0.1, 0.15) is 12.1 Å². The van der Waals surface area contributed by atoms with E-state index in [1.54, 1.807) is 0 Å². The number of aromatic nitrogens is 1. The molecule has 4 nitrogen and oxygen atoms in total. The van der Waals surface area contributed by atoms with Crippen LogP contribution < -0.4 is 15.2 Å². The second kappa shape index (κ2) is 4.08. The minimum absolute atomic E-state index is 0.0281. The number of hydrogen-bond donors (Lipinski definition) is 1. The summed E-state index contributed by atoms with van der Waals surface area (Å²) < 4.78 is 34.3. The standard InChI is InChI=1S/C8H10F2N2O2/c1-13-4-3-12-6(8(9)10)7(14-2)5(4)11/h3,8H,1-2H3,(H2,11,12). The average molecular weight is 204 g/mol. The molecule has 0 saturated heterocycles. The van der Waals surface area contributed by atoms with Crippen LogP contribution in [-0.4, -0.2) is 19.2 Å². The Hall–Kier alpha value is -1.59. The number of halogens is 2. The highest BCUT2D eigenvalue weighted by atomic mass is 19.3. The van der Waals surface area contributed by atoms with E-state index in [4.69, 9.17) is 15.2 Å². The molecule has 0 aliphatic rings. The first-order valence-corrected chi connectivity index (χ1v) is 3.76. The van der Waals surface area contributed by atoms with Crippen molar-refractivity contribution in [1.82, 2.24) is 4.98 Å². The Kier molecular flexibility index (Phi) is 3.06. The van der Waals surface area contributed by atoms with Crippen molar-refractivity contribution in [2.45, 2.75) is 6.43 Å². The summed E-state index contributed by atoms with van der Waals surface area (Å²) in [7, 11) is 2.62. The molecule has 0 aliphatic carbocycles. The molecular formula is C8H10F2N2O2. The van der Waals surface area contributed by atoms with Crippen molar-refractivity contribution in [3.63, 3.8) is 0 Å². The Bertz CT molecular complexity index is 331. The Morgan fingerprint density at radius 2 is 2.00 bits per heavy atom. The number of anilines is 1. The maximum Gasteiger partial charge on any atom is 0.284 e. The lowest BCUT2D eigenvalue weighted by molar-refractivity contribution is 0.141. The molecule has 1 aromatic heterocycles. The molecule has 0 saturated carbocycles. The van der Waals surface area contributed by atoms with Gasteiger partial charge < -0.3 is 15.2 Å². The average Bonchev–Trinajstić information content (AvgIpc) is 2.17. The first kappa shape index (κ1) is 10.5. The first-order valence-electron chi connectivity index (χ1n) is 3.76. The van der Waals surface area contributed by atoms with Gasteiger partial charge in [-0.25, -0.2) is 13.8 Å². The molecule has 0 radical (unpaired) electrons. The molecule has 0 fully saturated rings. The van der Waals surface area contributed by atoms with Crippen LogP contribution in [0.15, 0.2) is 6.20 Å². The predicted molar refractivity (Wildman–Crippen MR) is 46.7 cm³/mol. The predicted octanol–water partition coefficient (Wildman–Crippen LogP) is 1.62. The molecule has 0 unspecified atom stereocenters. The fraction of sp³-hybridized carbons (Fsp3) is 0.375. The van der Waals surface area contributed by atoms with Crippen LogP contribution in [0.2, 0.25) is 0 Å². The third-order valence-corrected chi connectivity index (χ3v) is 1.69. The van der Waals surface area contributed by atoms with Crippen LogP contribution in [0.5, 0.6) is 11.5 Å². The Balaban J connectivity index is 3.28. The van der Waals surface area contributed by atoms with Crippen molar-refractivity contribution >= 4 is 5.69 Å². The quantitative estimate of drug-likeness (QED) is 0.812. The van der Waals surface area contributed by atoms with Gasteiger partial charge in [-0.15, -0.1) is 0 Å². The molecular weight excluding hydrogens is 194 g/mol. The summed E-state index contributed by atoms with van der Waals surface area (Å²) in [6.45, 7) is 0. The van der Waals surface area contributed by atoms with Crippen molar-refractivity contribution in [3.05, 3.63) is 11.9 Å². The smallest absolute Gasteiger partial charge is 0.284 e. The highest BCUT2D eigenvalue weighted by molar-refractivity contribution is 5.63. The zero-order chi connectivity index (χ0) is 10.7. The maximum atomic E-state index is 12.4. The molecule has 6 heteroatoms. The number of ether oxygens (including phenoxy) is 2. The van der Waals surface area contributed by atoms with Gasteiger partial charge in [-0.05, 0) is 0 Å². The first-order chi connectivity index (χ1) is 6.61. The molecule has 1 aromatic rings. The van der Waals surface area contributed by atoms with E-state index in [-0.39, 0.29) is 17.2 Å². The lowest BCUT2D eigenvalue weighted by Crippen LogP contribution is -2.03. The van der Waals surface area contributed by atoms with Gasteiger partial charge in [0, 0.05) is 0 Å². The lowest BCUT2D eigenvalue weighted by atomic mass is 10.2. The topological polar surface area (TPSA) is 57.4 Å². The second-order valence-electron chi connectivity index (χ2n) is 2.46. The SMILES string of the molecule is COc1cnc(C(F)F)c(OC)c1N. The Morgan fingerprint density at radius 1 is 1.36 bits per heavy atom. The van der Waals surface area contributed by atoms with Crippen molar-refractivity contribution in [3.8, 4) is 11.5 Å². The molecule has 0 spiro atoms. The van der Waals surface area contributed by atoms with Gasteiger partial charge in [0.25, 0.3) is 6.43 Å². The zero-order valence-corrected chi connectivity index (χ0v) is 7.75. The number of nitrogens with two attached hydrogens (primary N) is 1. The summed E-state index contributed by atoms with van der Waals surface area (Å²) >= 11 is 0. The molecule has 1 heterocycles. The fourth-order valence-corrected chi connectivity index (χ4v) is 1.04. The molecule has 14 heavy (non-hydrogen) atoms. The van der Waals surface area contributed by atoms with Gasteiger partial charge in [-0.2, -0.15) is 0 Å². The summed E-state index contributed by atoms with van der Waals surface area (Å²) in [4.78, 5) is 3.50. The third-order valence-electron chi connectivity index (χ3n) is 1.69. The normalized spacial score (nSPS) is 10.4. The van der Waals surface area contributed by atoms with Gasteiger partial charge in [0.2, 0.25) is 0 Å². The van der Waals surface area contributed by atoms with Gasteiger partial charge in [0.1, 0.15) is 5.69 Å². The van der Waals surface area contributed by atoms with Gasteiger partial charge in [-0.1, -0.05) is 0 Å². The Labute approximate surface area is 79.6 Å². The van der Waals surface area contributed by atoms with Crippen molar-refractivity contribution in [2.75, 3.05) is 20.0 Å². The highest BCUT2D eigenvalue weighted by Gasteiger charge is 2.20. The number of pyridine rings is 1. The van der Waals surface area contributed by atoms with Gasteiger partial charge in [-0.3, -0.25) is 0 Å². The molecule has 0 atom stereocenters. The number of nitrogen functional groups attached to an aromatic ring is 1. The van der Waals surface area contributed by atoms with E-state index in [0.717, 1.165) is 6.20 Å². The summed E-state index contributed by atoms with van der Waals surface area (Å²) in [6, 6.07) is 0. The molecule has 0 amide bonds. The van der Waals surface area contributed by atoms with Gasteiger partial charge >= 0.3 is 0 Å². The van der Waals surface area contributed by atoms with E-state index >= 15 is 0 Å². The summed E-state index contributed by atoms with van der Waals surface area (Å²) in [5.41, 5.74) is 5.07. The van der Waals surface area contributed by atoms with Crippen molar-refractivity contribution in [2.24, 2.45) is 0 Å². The lowest BCUT2D eigenvalue weighted by Gasteiger charge is -2.12. The van der Waals surface area contributed by atoms with Crippen LogP contribution in [-0.2, 0) is 0 Å². The molecule has 78 valence electrons. The monoisotopic (exact) mass is 204 g/mol. The van der Waals surface area contributed by atoms with Crippen LogP contribution in [0.4, 0.5) is 14.5 Å². The number of nitrogens with zero attached hydrogens (tertiary/aromatic N) is 1.